The molecule has 0 spiro atoms. The Labute approximate surface area is 219 Å². The van der Waals surface area contributed by atoms with Gasteiger partial charge in [-0.05, 0) is 61.6 Å². The van der Waals surface area contributed by atoms with E-state index in [1.807, 2.05) is 37.3 Å². The van der Waals surface area contributed by atoms with E-state index in [0.717, 1.165) is 29.0 Å². The van der Waals surface area contributed by atoms with Gasteiger partial charge in [0.15, 0.2) is 0 Å². The Morgan fingerprint density at radius 2 is 1.95 bits per heavy atom. The quantitative estimate of drug-likeness (QED) is 0.453. The number of hydrogen-bond donors (Lipinski definition) is 2. The summed E-state index contributed by atoms with van der Waals surface area (Å²) in [4.78, 5) is 15.9. The molecule has 3 heterocycles. The first kappa shape index (κ1) is 26.2. The van der Waals surface area contributed by atoms with Crippen molar-refractivity contribution in [1.29, 1.82) is 0 Å². The highest BCUT2D eigenvalue weighted by Crippen LogP contribution is 2.35. The second-order valence-corrected chi connectivity index (χ2v) is 9.93. The molecule has 2 aliphatic heterocycles. The minimum atomic E-state index is -4.43. The van der Waals surface area contributed by atoms with E-state index in [2.05, 4.69) is 20.4 Å². The first-order chi connectivity index (χ1) is 18.2. The van der Waals surface area contributed by atoms with Gasteiger partial charge in [0.1, 0.15) is 17.4 Å². The van der Waals surface area contributed by atoms with Gasteiger partial charge in [-0.25, -0.2) is 0 Å². The lowest BCUT2D eigenvalue weighted by atomic mass is 9.86. The maximum absolute atomic E-state index is 13.8. The first-order valence-corrected chi connectivity index (χ1v) is 12.8. The van der Waals surface area contributed by atoms with Gasteiger partial charge in [0.05, 0.1) is 17.3 Å². The van der Waals surface area contributed by atoms with Crippen LogP contribution in [0.4, 0.5) is 13.2 Å². The van der Waals surface area contributed by atoms with Gasteiger partial charge in [0.2, 0.25) is 5.91 Å². The molecule has 2 aliphatic rings. The monoisotopic (exact) mass is 528 g/mol. The number of nitrogens with zero attached hydrogens (tertiary/aromatic N) is 2. The number of nitrogens with one attached hydrogen (secondary N) is 2. The van der Waals surface area contributed by atoms with E-state index in [4.69, 9.17) is 9.47 Å². The molecule has 1 amide bonds. The third kappa shape index (κ3) is 5.56. The summed E-state index contributed by atoms with van der Waals surface area (Å²) in [5, 5.41) is 10.1. The maximum Gasteiger partial charge on any atom is 0.416 e. The summed E-state index contributed by atoms with van der Waals surface area (Å²) in [7, 11) is 0. The van der Waals surface area contributed by atoms with Crippen LogP contribution in [0, 0.1) is 0 Å². The van der Waals surface area contributed by atoms with Crippen LogP contribution in [0.5, 0.6) is 5.75 Å². The normalized spacial score (nSPS) is 20.7. The number of alkyl halides is 3. The molecule has 38 heavy (non-hydrogen) atoms. The van der Waals surface area contributed by atoms with Gasteiger partial charge in [-0.1, -0.05) is 30.3 Å². The van der Waals surface area contributed by atoms with E-state index in [9.17, 15) is 18.0 Å². The average Bonchev–Trinajstić information content (AvgIpc) is 3.62. The van der Waals surface area contributed by atoms with Crippen LogP contribution in [0.1, 0.15) is 43.4 Å². The molecule has 2 saturated heterocycles. The lowest BCUT2D eigenvalue weighted by molar-refractivity contribution is -0.141. The molecule has 10 heteroatoms. The lowest BCUT2D eigenvalue weighted by Crippen LogP contribution is -2.61. The van der Waals surface area contributed by atoms with Gasteiger partial charge >= 0.3 is 6.18 Å². The molecule has 0 saturated carbocycles. The predicted octanol–water partition coefficient (Wildman–Crippen LogP) is 4.98. The van der Waals surface area contributed by atoms with Crippen molar-refractivity contribution in [2.75, 3.05) is 26.3 Å². The lowest BCUT2D eigenvalue weighted by Gasteiger charge is -2.43. The van der Waals surface area contributed by atoms with Crippen molar-refractivity contribution in [2.24, 2.45) is 0 Å². The molecule has 5 rings (SSSR count). The fourth-order valence-corrected chi connectivity index (χ4v) is 5.33. The number of rotatable bonds is 7. The third-order valence-electron chi connectivity index (χ3n) is 7.53. The molecule has 2 fully saturated rings. The molecule has 0 aliphatic carbocycles. The van der Waals surface area contributed by atoms with Gasteiger partial charge in [-0.3, -0.25) is 14.8 Å². The van der Waals surface area contributed by atoms with Crippen LogP contribution in [-0.4, -0.2) is 59.0 Å². The molecule has 7 nitrogen and oxygen atoms in total. The summed E-state index contributed by atoms with van der Waals surface area (Å²) in [6.45, 7) is 3.97. The van der Waals surface area contributed by atoms with Crippen LogP contribution < -0.4 is 10.1 Å². The molecule has 1 aromatic heterocycles. The number of hydrogen-bond acceptors (Lipinski definition) is 5. The molecule has 2 atom stereocenters. The van der Waals surface area contributed by atoms with Crippen molar-refractivity contribution in [1.82, 2.24) is 20.4 Å². The van der Waals surface area contributed by atoms with Crippen LogP contribution in [0.25, 0.3) is 11.3 Å². The Kier molecular flexibility index (Phi) is 7.45. The average molecular weight is 529 g/mol. The van der Waals surface area contributed by atoms with E-state index in [1.54, 1.807) is 6.20 Å². The Morgan fingerprint density at radius 3 is 2.63 bits per heavy atom. The minimum absolute atomic E-state index is 0.0642. The van der Waals surface area contributed by atoms with E-state index < -0.39 is 17.3 Å². The van der Waals surface area contributed by atoms with Crippen molar-refractivity contribution >= 4 is 5.91 Å². The number of amides is 1. The number of aromatic nitrogens is 2. The molecule has 202 valence electrons. The molecule has 3 aromatic rings. The van der Waals surface area contributed by atoms with E-state index in [0.29, 0.717) is 45.6 Å². The van der Waals surface area contributed by atoms with Crippen LogP contribution in [0.15, 0.2) is 60.8 Å². The number of H-pyrrole nitrogens is 1. The highest BCUT2D eigenvalue weighted by atomic mass is 19.4. The minimum Gasteiger partial charge on any atom is -0.489 e. The zero-order valence-electron chi connectivity index (χ0n) is 21.1. The summed E-state index contributed by atoms with van der Waals surface area (Å²) < 4.78 is 50.9. The van der Waals surface area contributed by atoms with Gasteiger partial charge in [-0.15, -0.1) is 0 Å². The second-order valence-electron chi connectivity index (χ2n) is 9.93. The summed E-state index contributed by atoms with van der Waals surface area (Å²) in [5.74, 6) is 0.120. The molecule has 1 unspecified atom stereocenters. The molecular weight excluding hydrogens is 497 g/mol. The van der Waals surface area contributed by atoms with Gasteiger partial charge in [0, 0.05) is 32.5 Å². The number of aromatic amines is 1. The highest BCUT2D eigenvalue weighted by molar-refractivity contribution is 5.87. The number of likely N-dealkylation sites (tertiary alicyclic amines) is 1. The zero-order valence-corrected chi connectivity index (χ0v) is 21.1. The van der Waals surface area contributed by atoms with Crippen LogP contribution >= 0.6 is 0 Å². The van der Waals surface area contributed by atoms with Crippen molar-refractivity contribution in [3.05, 3.63) is 71.9 Å². The van der Waals surface area contributed by atoms with Crippen LogP contribution in [0.3, 0.4) is 0 Å². The van der Waals surface area contributed by atoms with Gasteiger partial charge < -0.3 is 14.8 Å². The SMILES string of the molecule is CC(NC(=O)C1(N2CC[C@@H](Oc3cccc(C(F)(F)F)c3)C2)CCOCC1)c1ccc(-c2ccn[nH]2)cc1. The van der Waals surface area contributed by atoms with E-state index in [1.165, 1.54) is 12.1 Å². The van der Waals surface area contributed by atoms with E-state index in [-0.39, 0.29) is 23.8 Å². The van der Waals surface area contributed by atoms with Crippen molar-refractivity contribution in [3.8, 4) is 17.0 Å². The van der Waals surface area contributed by atoms with Crippen LogP contribution in [-0.2, 0) is 15.7 Å². The fraction of sp³-hybridized carbons (Fsp3) is 0.429. The standard InChI is InChI=1S/C28H31F3N4O3/c1-19(20-5-7-21(8-6-20)25-9-13-32-34-25)33-26(36)27(11-15-37-16-12-27)35-14-10-24(18-35)38-23-4-2-3-22(17-23)28(29,30)31/h2-9,13,17,19,24H,10-12,14-16,18H2,1H3,(H,32,34)(H,33,36)/t19?,24-/m1/s1. The Bertz CT molecular complexity index is 1220. The summed E-state index contributed by atoms with van der Waals surface area (Å²) >= 11 is 0. The predicted molar refractivity (Wildman–Crippen MR) is 135 cm³/mol. The molecule has 0 bridgehead atoms. The molecular formula is C28H31F3N4O3. The third-order valence-corrected chi connectivity index (χ3v) is 7.53. The van der Waals surface area contributed by atoms with Gasteiger partial charge in [0.25, 0.3) is 0 Å². The topological polar surface area (TPSA) is 79.5 Å². The maximum atomic E-state index is 13.8. The number of halogens is 3. The van der Waals surface area contributed by atoms with E-state index >= 15 is 0 Å². The summed E-state index contributed by atoms with van der Waals surface area (Å²) in [6.07, 6.45) is -1.33. The second kappa shape index (κ2) is 10.8. The first-order valence-electron chi connectivity index (χ1n) is 12.8. The largest absolute Gasteiger partial charge is 0.489 e. The molecule has 2 aromatic carbocycles. The number of benzene rings is 2. The number of carbonyl (C=O) groups is 1. The highest BCUT2D eigenvalue weighted by Gasteiger charge is 2.48. The summed E-state index contributed by atoms with van der Waals surface area (Å²) in [5.41, 5.74) is 1.42. The smallest absolute Gasteiger partial charge is 0.416 e. The Hall–Kier alpha value is -3.37. The zero-order chi connectivity index (χ0) is 26.8. The van der Waals surface area contributed by atoms with Crippen molar-refractivity contribution in [2.45, 2.75) is 50.0 Å². The Morgan fingerprint density at radius 1 is 1.18 bits per heavy atom. The van der Waals surface area contributed by atoms with Crippen molar-refractivity contribution in [3.63, 3.8) is 0 Å². The number of ether oxygens (including phenoxy) is 2. The molecule has 0 radical (unpaired) electrons. The number of carbonyl (C=O) groups excluding carboxylic acids is 1. The summed E-state index contributed by atoms with van der Waals surface area (Å²) in [6, 6.07) is 14.6. The fourth-order valence-electron chi connectivity index (χ4n) is 5.33. The molecule has 2 N–H and O–H groups in total. The van der Waals surface area contributed by atoms with Crippen molar-refractivity contribution < 1.29 is 27.4 Å². The van der Waals surface area contributed by atoms with Crippen LogP contribution in [0.2, 0.25) is 0 Å². The van der Waals surface area contributed by atoms with Gasteiger partial charge in [-0.2, -0.15) is 18.3 Å². The Balaban J connectivity index is 1.26.